The molecule has 154 valence electrons. The lowest BCUT2D eigenvalue weighted by molar-refractivity contribution is -0.127. The van der Waals surface area contributed by atoms with E-state index in [-0.39, 0.29) is 17.6 Å². The number of hydrogen-bond donors (Lipinski definition) is 1. The minimum Gasteiger partial charge on any atom is -0.448 e. The highest BCUT2D eigenvalue weighted by atomic mass is 16.5. The van der Waals surface area contributed by atoms with Crippen LogP contribution in [0.25, 0.3) is 11.4 Å². The molecule has 4 rings (SSSR count). The molecular weight excluding hydrogens is 378 g/mol. The number of nitrogens with zero attached hydrogens (tertiary/aromatic N) is 2. The molecule has 2 atom stereocenters. The van der Waals surface area contributed by atoms with Gasteiger partial charge in [0.25, 0.3) is 5.91 Å². The molecule has 6 heteroatoms. The number of ether oxygens (including phenoxy) is 1. The standard InChI is InChI=1S/C24H25N3O3/c1-15-13-14-18-9-7-8-12-20(18)27(15)23(28)17(3)30-24(29)21-16(2)25-22(26-21)19-10-5-4-6-11-19/h4-12,15,17H,13-14H2,1-3H3,(H,25,26). The summed E-state index contributed by atoms with van der Waals surface area (Å²) >= 11 is 0. The third-order valence-corrected chi connectivity index (χ3v) is 5.52. The van der Waals surface area contributed by atoms with Crippen LogP contribution in [-0.2, 0) is 16.0 Å². The summed E-state index contributed by atoms with van der Waals surface area (Å²) in [4.78, 5) is 35.2. The van der Waals surface area contributed by atoms with Crippen molar-refractivity contribution in [1.82, 2.24) is 9.97 Å². The van der Waals surface area contributed by atoms with Gasteiger partial charge < -0.3 is 14.6 Å². The number of para-hydroxylation sites is 1. The van der Waals surface area contributed by atoms with Crippen LogP contribution in [0.5, 0.6) is 0 Å². The predicted molar refractivity (Wildman–Crippen MR) is 115 cm³/mol. The number of nitrogens with one attached hydrogen (secondary N) is 1. The third kappa shape index (κ3) is 3.73. The normalized spacial score (nSPS) is 16.6. The molecule has 0 saturated heterocycles. The summed E-state index contributed by atoms with van der Waals surface area (Å²) in [7, 11) is 0. The van der Waals surface area contributed by atoms with E-state index < -0.39 is 12.1 Å². The second-order valence-corrected chi connectivity index (χ2v) is 7.70. The molecule has 3 aromatic rings. The Kier molecular flexibility index (Phi) is 5.40. The molecule has 0 fully saturated rings. The van der Waals surface area contributed by atoms with Crippen LogP contribution in [-0.4, -0.2) is 34.0 Å². The van der Waals surface area contributed by atoms with Gasteiger partial charge in [-0.2, -0.15) is 0 Å². The van der Waals surface area contributed by atoms with Crippen LogP contribution in [0.15, 0.2) is 54.6 Å². The molecule has 0 aliphatic carbocycles. The van der Waals surface area contributed by atoms with Crippen molar-refractivity contribution in [3.63, 3.8) is 0 Å². The zero-order valence-corrected chi connectivity index (χ0v) is 17.4. The maximum Gasteiger partial charge on any atom is 0.359 e. The summed E-state index contributed by atoms with van der Waals surface area (Å²) in [5, 5.41) is 0. The summed E-state index contributed by atoms with van der Waals surface area (Å²) in [6.45, 7) is 5.40. The molecular formula is C24H25N3O3. The molecule has 30 heavy (non-hydrogen) atoms. The quantitative estimate of drug-likeness (QED) is 0.659. The van der Waals surface area contributed by atoms with E-state index in [1.165, 1.54) is 0 Å². The Morgan fingerprint density at radius 1 is 1.13 bits per heavy atom. The molecule has 0 saturated carbocycles. The number of aromatic amines is 1. The molecule has 2 unspecified atom stereocenters. The van der Waals surface area contributed by atoms with Gasteiger partial charge in [0, 0.05) is 23.0 Å². The number of hydrogen-bond acceptors (Lipinski definition) is 4. The number of carbonyl (C=O) groups excluding carboxylic acids is 2. The number of aromatic nitrogens is 2. The molecule has 0 bridgehead atoms. The number of benzene rings is 2. The van der Waals surface area contributed by atoms with Crippen LogP contribution in [0.2, 0.25) is 0 Å². The highest BCUT2D eigenvalue weighted by Crippen LogP contribution is 2.31. The maximum atomic E-state index is 13.2. The first-order chi connectivity index (χ1) is 14.5. The van der Waals surface area contributed by atoms with Crippen LogP contribution in [0.4, 0.5) is 5.69 Å². The first-order valence-electron chi connectivity index (χ1n) is 10.2. The van der Waals surface area contributed by atoms with E-state index in [9.17, 15) is 9.59 Å². The van der Waals surface area contributed by atoms with Crippen molar-refractivity contribution in [3.05, 3.63) is 71.5 Å². The summed E-state index contributed by atoms with van der Waals surface area (Å²) in [6, 6.07) is 17.5. The number of esters is 1. The molecule has 1 N–H and O–H groups in total. The largest absolute Gasteiger partial charge is 0.448 e. The summed E-state index contributed by atoms with van der Waals surface area (Å²) in [5.41, 5.74) is 3.71. The Morgan fingerprint density at radius 2 is 1.83 bits per heavy atom. The number of anilines is 1. The number of carbonyl (C=O) groups is 2. The molecule has 1 aromatic heterocycles. The minimum atomic E-state index is -0.914. The number of rotatable bonds is 4. The van der Waals surface area contributed by atoms with E-state index in [1.807, 2.05) is 61.5 Å². The molecule has 1 aliphatic rings. The van der Waals surface area contributed by atoms with E-state index in [1.54, 1.807) is 18.7 Å². The van der Waals surface area contributed by atoms with Crippen LogP contribution >= 0.6 is 0 Å². The summed E-state index contributed by atoms with van der Waals surface area (Å²) in [6.07, 6.45) is 0.897. The fourth-order valence-electron chi connectivity index (χ4n) is 3.88. The van der Waals surface area contributed by atoms with Gasteiger partial charge >= 0.3 is 5.97 Å². The zero-order chi connectivity index (χ0) is 21.3. The first-order valence-corrected chi connectivity index (χ1v) is 10.2. The highest BCUT2D eigenvalue weighted by molar-refractivity contribution is 6.00. The van der Waals surface area contributed by atoms with Crippen molar-refractivity contribution < 1.29 is 14.3 Å². The lowest BCUT2D eigenvalue weighted by Crippen LogP contribution is -2.47. The van der Waals surface area contributed by atoms with Gasteiger partial charge in [-0.25, -0.2) is 9.78 Å². The van der Waals surface area contributed by atoms with Crippen molar-refractivity contribution in [2.24, 2.45) is 0 Å². The third-order valence-electron chi connectivity index (χ3n) is 5.52. The number of fused-ring (bicyclic) bond motifs is 1. The van der Waals surface area contributed by atoms with E-state index in [0.29, 0.717) is 11.5 Å². The fourth-order valence-corrected chi connectivity index (χ4v) is 3.88. The Labute approximate surface area is 175 Å². The van der Waals surface area contributed by atoms with Crippen LogP contribution in [0.3, 0.4) is 0 Å². The molecule has 1 amide bonds. The average Bonchev–Trinajstić information content (AvgIpc) is 3.15. The smallest absolute Gasteiger partial charge is 0.359 e. The van der Waals surface area contributed by atoms with E-state index in [2.05, 4.69) is 9.97 Å². The van der Waals surface area contributed by atoms with Gasteiger partial charge in [-0.3, -0.25) is 4.79 Å². The van der Waals surface area contributed by atoms with Gasteiger partial charge in [-0.1, -0.05) is 48.5 Å². The minimum absolute atomic E-state index is 0.0466. The van der Waals surface area contributed by atoms with Gasteiger partial charge in [-0.05, 0) is 45.2 Å². The Balaban J connectivity index is 1.52. The van der Waals surface area contributed by atoms with Crippen LogP contribution in [0.1, 0.15) is 42.0 Å². The van der Waals surface area contributed by atoms with Gasteiger partial charge in [0.15, 0.2) is 11.8 Å². The lowest BCUT2D eigenvalue weighted by Gasteiger charge is -2.36. The van der Waals surface area contributed by atoms with Crippen LogP contribution < -0.4 is 4.90 Å². The van der Waals surface area contributed by atoms with Crippen molar-refractivity contribution in [2.75, 3.05) is 4.90 Å². The van der Waals surface area contributed by atoms with E-state index >= 15 is 0 Å². The maximum absolute atomic E-state index is 13.2. The summed E-state index contributed by atoms with van der Waals surface area (Å²) in [5.74, 6) is -0.234. The first kappa shape index (κ1) is 19.9. The van der Waals surface area contributed by atoms with E-state index in [4.69, 9.17) is 4.74 Å². The van der Waals surface area contributed by atoms with Crippen molar-refractivity contribution in [1.29, 1.82) is 0 Å². The Morgan fingerprint density at radius 3 is 2.60 bits per heavy atom. The molecule has 2 aromatic carbocycles. The lowest BCUT2D eigenvalue weighted by atomic mass is 9.96. The van der Waals surface area contributed by atoms with Crippen molar-refractivity contribution >= 4 is 17.6 Å². The van der Waals surface area contributed by atoms with Gasteiger partial charge in [0.1, 0.15) is 5.82 Å². The highest BCUT2D eigenvalue weighted by Gasteiger charge is 2.33. The van der Waals surface area contributed by atoms with E-state index in [0.717, 1.165) is 29.7 Å². The Hall–Kier alpha value is -3.41. The molecule has 6 nitrogen and oxygen atoms in total. The monoisotopic (exact) mass is 403 g/mol. The van der Waals surface area contributed by atoms with Gasteiger partial charge in [-0.15, -0.1) is 0 Å². The molecule has 0 spiro atoms. The molecule has 0 radical (unpaired) electrons. The second kappa shape index (κ2) is 8.14. The van der Waals surface area contributed by atoms with Gasteiger partial charge in [0.05, 0.1) is 0 Å². The number of amides is 1. The SMILES string of the molecule is Cc1[nH]c(-c2ccccc2)nc1C(=O)OC(C)C(=O)N1c2ccccc2CCC1C. The van der Waals surface area contributed by atoms with Crippen LogP contribution in [0, 0.1) is 6.92 Å². The summed E-state index contributed by atoms with van der Waals surface area (Å²) < 4.78 is 5.53. The van der Waals surface area contributed by atoms with Crippen molar-refractivity contribution in [2.45, 2.75) is 45.8 Å². The molecule has 1 aliphatic heterocycles. The number of imidazole rings is 1. The average molecular weight is 403 g/mol. The van der Waals surface area contributed by atoms with Crippen molar-refractivity contribution in [3.8, 4) is 11.4 Å². The zero-order valence-electron chi connectivity index (χ0n) is 17.4. The number of H-pyrrole nitrogens is 1. The fraction of sp³-hybridized carbons (Fsp3) is 0.292. The topological polar surface area (TPSA) is 75.3 Å². The van der Waals surface area contributed by atoms with Gasteiger partial charge in [0.2, 0.25) is 0 Å². The predicted octanol–water partition coefficient (Wildman–Crippen LogP) is 4.30. The number of aryl methyl sites for hydroxylation is 2. The Bertz CT molecular complexity index is 1070. The molecule has 2 heterocycles. The second-order valence-electron chi connectivity index (χ2n) is 7.70.